The van der Waals surface area contributed by atoms with Crippen LogP contribution in [0, 0.1) is 10.1 Å². The van der Waals surface area contributed by atoms with Crippen LogP contribution in [0.15, 0.2) is 36.4 Å². The normalized spacial score (nSPS) is 14.8. The van der Waals surface area contributed by atoms with E-state index in [0.29, 0.717) is 30.0 Å². The molecule has 0 spiro atoms. The molecule has 1 saturated heterocycles. The van der Waals surface area contributed by atoms with Gasteiger partial charge in [0.25, 0.3) is 11.6 Å². The Kier molecular flexibility index (Phi) is 6.16. The molecule has 0 saturated carbocycles. The second kappa shape index (κ2) is 8.58. The fraction of sp³-hybridized carbons (Fsp3) is 0.350. The molecule has 1 heterocycles. The number of rotatable bonds is 5. The zero-order valence-corrected chi connectivity index (χ0v) is 16.7. The second-order valence-corrected chi connectivity index (χ2v) is 7.28. The first-order valence-corrected chi connectivity index (χ1v) is 9.58. The van der Waals surface area contributed by atoms with E-state index in [-0.39, 0.29) is 16.6 Å². The number of nitrogens with one attached hydrogen (secondary N) is 1. The summed E-state index contributed by atoms with van der Waals surface area (Å²) >= 11 is 6.24. The molecule has 0 aromatic heterocycles. The van der Waals surface area contributed by atoms with Gasteiger partial charge >= 0.3 is 0 Å². The van der Waals surface area contributed by atoms with Crippen LogP contribution in [0.3, 0.4) is 0 Å². The van der Waals surface area contributed by atoms with Crippen LogP contribution in [0.4, 0.5) is 17.1 Å². The highest BCUT2D eigenvalue weighted by atomic mass is 35.5. The molecule has 1 aliphatic rings. The van der Waals surface area contributed by atoms with Crippen molar-refractivity contribution in [3.05, 3.63) is 62.7 Å². The number of hydrogen-bond acceptors (Lipinski definition) is 5. The van der Waals surface area contributed by atoms with Crippen molar-refractivity contribution in [3.63, 3.8) is 0 Å². The van der Waals surface area contributed by atoms with Gasteiger partial charge in [0.15, 0.2) is 0 Å². The number of nitrogens with zero attached hydrogens (tertiary/aromatic N) is 3. The Bertz CT molecular complexity index is 878. The van der Waals surface area contributed by atoms with Crippen LogP contribution < -0.4 is 10.2 Å². The third kappa shape index (κ3) is 4.43. The lowest BCUT2D eigenvalue weighted by Crippen LogP contribution is -2.44. The molecular formula is C20H23ClN4O3. The molecule has 0 bridgehead atoms. The number of aryl methyl sites for hydroxylation is 1. The first-order chi connectivity index (χ1) is 13.4. The lowest BCUT2D eigenvalue weighted by molar-refractivity contribution is -0.384. The zero-order valence-electron chi connectivity index (χ0n) is 15.9. The van der Waals surface area contributed by atoms with Gasteiger partial charge in [-0.25, -0.2) is 0 Å². The molecule has 148 valence electrons. The van der Waals surface area contributed by atoms with Crippen molar-refractivity contribution < 1.29 is 9.72 Å². The molecule has 1 fully saturated rings. The Morgan fingerprint density at radius 1 is 1.18 bits per heavy atom. The van der Waals surface area contributed by atoms with E-state index in [9.17, 15) is 14.9 Å². The zero-order chi connectivity index (χ0) is 20.3. The van der Waals surface area contributed by atoms with E-state index in [4.69, 9.17) is 11.6 Å². The highest BCUT2D eigenvalue weighted by Gasteiger charge is 2.25. The standard InChI is InChI=1S/C20H23ClN4O3/c1-3-14-4-6-15(7-5-14)20(26)22-17-13-18(19(25(27)28)12-16(17)21)24-10-8-23(2)9-11-24/h4-7,12-13H,3,8-11H2,1-2H3,(H,22,26). The molecule has 1 amide bonds. The van der Waals surface area contributed by atoms with Gasteiger partial charge < -0.3 is 15.1 Å². The Morgan fingerprint density at radius 3 is 2.39 bits per heavy atom. The highest BCUT2D eigenvalue weighted by Crippen LogP contribution is 2.37. The Balaban J connectivity index is 1.88. The fourth-order valence-corrected chi connectivity index (χ4v) is 3.39. The number of benzene rings is 2. The van der Waals surface area contributed by atoms with Crippen molar-refractivity contribution in [3.8, 4) is 0 Å². The van der Waals surface area contributed by atoms with E-state index in [1.807, 2.05) is 31.0 Å². The minimum Gasteiger partial charge on any atom is -0.363 e. The minimum absolute atomic E-state index is 0.0557. The average Bonchev–Trinajstić information content (AvgIpc) is 2.69. The van der Waals surface area contributed by atoms with E-state index in [0.717, 1.165) is 25.1 Å². The third-order valence-corrected chi connectivity index (χ3v) is 5.29. The highest BCUT2D eigenvalue weighted by molar-refractivity contribution is 6.34. The van der Waals surface area contributed by atoms with Crippen molar-refractivity contribution in [1.29, 1.82) is 0 Å². The van der Waals surface area contributed by atoms with E-state index in [1.165, 1.54) is 6.07 Å². The number of nitro benzene ring substituents is 1. The Morgan fingerprint density at radius 2 is 1.82 bits per heavy atom. The molecule has 2 aromatic carbocycles. The minimum atomic E-state index is -0.436. The summed E-state index contributed by atoms with van der Waals surface area (Å²) in [6, 6.07) is 10.2. The molecule has 1 aliphatic heterocycles. The molecular weight excluding hydrogens is 380 g/mol. The Labute approximate surface area is 169 Å². The molecule has 28 heavy (non-hydrogen) atoms. The lowest BCUT2D eigenvalue weighted by Gasteiger charge is -2.33. The summed E-state index contributed by atoms with van der Waals surface area (Å²) in [5.41, 5.74) is 2.43. The number of amides is 1. The van der Waals surface area contributed by atoms with Crippen LogP contribution in [0.25, 0.3) is 0 Å². The predicted molar refractivity (Wildman–Crippen MR) is 112 cm³/mol. The summed E-state index contributed by atoms with van der Waals surface area (Å²) in [5, 5.41) is 14.4. The Hall–Kier alpha value is -2.64. The van der Waals surface area contributed by atoms with E-state index >= 15 is 0 Å². The van der Waals surface area contributed by atoms with Gasteiger partial charge in [0.05, 0.1) is 15.6 Å². The van der Waals surface area contributed by atoms with E-state index < -0.39 is 4.92 Å². The van der Waals surface area contributed by atoms with Crippen LogP contribution in [-0.2, 0) is 6.42 Å². The second-order valence-electron chi connectivity index (χ2n) is 6.87. The SMILES string of the molecule is CCc1ccc(C(=O)Nc2cc(N3CCN(C)CC3)c([N+](=O)[O-])cc2Cl)cc1. The summed E-state index contributed by atoms with van der Waals surface area (Å²) in [5.74, 6) is -0.303. The first kappa shape index (κ1) is 20.1. The number of likely N-dealkylation sites (N-methyl/N-ethyl adjacent to an activating group) is 1. The largest absolute Gasteiger partial charge is 0.363 e. The maximum atomic E-state index is 12.6. The first-order valence-electron chi connectivity index (χ1n) is 9.20. The maximum Gasteiger partial charge on any atom is 0.294 e. The number of halogens is 1. The molecule has 8 heteroatoms. The summed E-state index contributed by atoms with van der Waals surface area (Å²) in [7, 11) is 2.02. The molecule has 3 rings (SSSR count). The summed E-state index contributed by atoms with van der Waals surface area (Å²) in [6.45, 7) is 5.01. The quantitative estimate of drug-likeness (QED) is 0.607. The van der Waals surface area contributed by atoms with Gasteiger partial charge in [-0.2, -0.15) is 0 Å². The van der Waals surface area contributed by atoms with Crippen LogP contribution in [0.1, 0.15) is 22.8 Å². The molecule has 0 radical (unpaired) electrons. The summed E-state index contributed by atoms with van der Waals surface area (Å²) in [4.78, 5) is 27.8. The topological polar surface area (TPSA) is 78.7 Å². The van der Waals surface area contributed by atoms with Gasteiger partial charge in [-0.15, -0.1) is 0 Å². The number of piperazine rings is 1. The average molecular weight is 403 g/mol. The molecule has 0 unspecified atom stereocenters. The van der Waals surface area contributed by atoms with Gasteiger partial charge in [0.2, 0.25) is 0 Å². The van der Waals surface area contributed by atoms with Crippen molar-refractivity contribution >= 4 is 34.6 Å². The van der Waals surface area contributed by atoms with Gasteiger partial charge in [0, 0.05) is 37.8 Å². The van der Waals surface area contributed by atoms with Crippen LogP contribution in [0.5, 0.6) is 0 Å². The molecule has 7 nitrogen and oxygen atoms in total. The van der Waals surface area contributed by atoms with E-state index in [1.54, 1.807) is 18.2 Å². The fourth-order valence-electron chi connectivity index (χ4n) is 3.18. The van der Waals surface area contributed by atoms with E-state index in [2.05, 4.69) is 10.2 Å². The molecule has 0 aliphatic carbocycles. The number of hydrogen-bond donors (Lipinski definition) is 1. The maximum absolute atomic E-state index is 12.6. The van der Waals surface area contributed by atoms with Crippen molar-refractivity contribution in [1.82, 2.24) is 4.90 Å². The van der Waals surface area contributed by atoms with Gasteiger partial charge in [-0.3, -0.25) is 14.9 Å². The van der Waals surface area contributed by atoms with Crippen LogP contribution in [-0.4, -0.2) is 49.0 Å². The lowest BCUT2D eigenvalue weighted by atomic mass is 10.1. The third-order valence-electron chi connectivity index (χ3n) is 4.98. The number of nitro groups is 1. The summed E-state index contributed by atoms with van der Waals surface area (Å²) < 4.78 is 0. The summed E-state index contributed by atoms with van der Waals surface area (Å²) in [6.07, 6.45) is 0.893. The number of carbonyl (C=O) groups excluding carboxylic acids is 1. The monoisotopic (exact) mass is 402 g/mol. The van der Waals surface area contributed by atoms with Crippen molar-refractivity contribution in [2.45, 2.75) is 13.3 Å². The predicted octanol–water partition coefficient (Wildman–Crippen LogP) is 3.81. The van der Waals surface area contributed by atoms with Gasteiger partial charge in [0.1, 0.15) is 5.69 Å². The van der Waals surface area contributed by atoms with Crippen LogP contribution >= 0.6 is 11.6 Å². The van der Waals surface area contributed by atoms with Crippen molar-refractivity contribution in [2.24, 2.45) is 0 Å². The molecule has 1 N–H and O–H groups in total. The van der Waals surface area contributed by atoms with Gasteiger partial charge in [-0.05, 0) is 37.2 Å². The molecule has 2 aromatic rings. The molecule has 0 atom stereocenters. The smallest absolute Gasteiger partial charge is 0.294 e. The van der Waals surface area contributed by atoms with Gasteiger partial charge in [-0.1, -0.05) is 30.7 Å². The van der Waals surface area contributed by atoms with Crippen LogP contribution in [0.2, 0.25) is 5.02 Å². The number of carbonyl (C=O) groups is 1. The van der Waals surface area contributed by atoms with Crippen molar-refractivity contribution in [2.75, 3.05) is 43.4 Å². The number of anilines is 2.